The second kappa shape index (κ2) is 4.69. The second-order valence-electron chi connectivity index (χ2n) is 5.68. The van der Waals surface area contributed by atoms with Crippen LogP contribution in [0.4, 0.5) is 0 Å². The Morgan fingerprint density at radius 1 is 1.11 bits per heavy atom. The van der Waals surface area contributed by atoms with Gasteiger partial charge in [0.15, 0.2) is 0 Å². The SMILES string of the molecule is [2H]C([2H])([2H])NCc1ccc(B2OC(C)(C)C(C)(C)O2)cc1. The van der Waals surface area contributed by atoms with Crippen molar-refractivity contribution in [3.63, 3.8) is 0 Å². The van der Waals surface area contributed by atoms with Gasteiger partial charge in [0.05, 0.1) is 11.2 Å². The van der Waals surface area contributed by atoms with Gasteiger partial charge in [-0.05, 0) is 45.7 Å². The van der Waals surface area contributed by atoms with Gasteiger partial charge in [0, 0.05) is 10.7 Å². The van der Waals surface area contributed by atoms with Crippen molar-refractivity contribution in [3.05, 3.63) is 29.8 Å². The van der Waals surface area contributed by atoms with Gasteiger partial charge < -0.3 is 14.6 Å². The highest BCUT2D eigenvalue weighted by atomic mass is 16.7. The van der Waals surface area contributed by atoms with Gasteiger partial charge in [-0.2, -0.15) is 0 Å². The Kier molecular flexibility index (Phi) is 2.61. The fourth-order valence-corrected chi connectivity index (χ4v) is 1.87. The van der Waals surface area contributed by atoms with E-state index < -0.39 is 6.98 Å². The van der Waals surface area contributed by atoms with E-state index in [2.05, 4.69) is 5.32 Å². The molecule has 1 fully saturated rings. The number of benzene rings is 1. The fraction of sp³-hybridized carbons (Fsp3) is 0.571. The summed E-state index contributed by atoms with van der Waals surface area (Å²) in [5.74, 6) is 0. The fourth-order valence-electron chi connectivity index (χ4n) is 1.87. The molecule has 0 radical (unpaired) electrons. The van der Waals surface area contributed by atoms with E-state index in [9.17, 15) is 0 Å². The molecule has 0 unspecified atom stereocenters. The first-order valence-electron chi connectivity index (χ1n) is 7.70. The summed E-state index contributed by atoms with van der Waals surface area (Å²) in [6.07, 6.45) is 0. The maximum absolute atomic E-state index is 7.13. The zero-order chi connectivity index (χ0) is 15.9. The first-order valence-corrected chi connectivity index (χ1v) is 6.20. The van der Waals surface area contributed by atoms with Crippen LogP contribution in [0.3, 0.4) is 0 Å². The molecule has 0 aliphatic carbocycles. The molecule has 0 aromatic heterocycles. The molecule has 0 amide bonds. The van der Waals surface area contributed by atoms with Crippen LogP contribution in [0.25, 0.3) is 0 Å². The maximum Gasteiger partial charge on any atom is 0.494 e. The van der Waals surface area contributed by atoms with Crippen molar-refractivity contribution in [2.24, 2.45) is 0 Å². The van der Waals surface area contributed by atoms with E-state index in [1.807, 2.05) is 52.0 Å². The summed E-state index contributed by atoms with van der Waals surface area (Å²) in [6, 6.07) is 7.61. The van der Waals surface area contributed by atoms with Gasteiger partial charge in [0.1, 0.15) is 0 Å². The van der Waals surface area contributed by atoms with E-state index in [0.717, 1.165) is 11.0 Å². The van der Waals surface area contributed by atoms with E-state index >= 15 is 0 Å². The largest absolute Gasteiger partial charge is 0.494 e. The van der Waals surface area contributed by atoms with Gasteiger partial charge in [-0.25, -0.2) is 0 Å². The summed E-state index contributed by atoms with van der Waals surface area (Å²) >= 11 is 0. The molecule has 1 aromatic rings. The lowest BCUT2D eigenvalue weighted by Gasteiger charge is -2.32. The lowest BCUT2D eigenvalue weighted by atomic mass is 9.79. The summed E-state index contributed by atoms with van der Waals surface area (Å²) in [5.41, 5.74) is 1.12. The van der Waals surface area contributed by atoms with E-state index in [4.69, 9.17) is 13.4 Å². The van der Waals surface area contributed by atoms with Crippen LogP contribution in [0.5, 0.6) is 0 Å². The van der Waals surface area contributed by atoms with Crippen LogP contribution < -0.4 is 10.8 Å². The summed E-state index contributed by atoms with van der Waals surface area (Å²) in [6.45, 7) is 6.25. The highest BCUT2D eigenvalue weighted by Gasteiger charge is 2.51. The van der Waals surface area contributed by atoms with Crippen molar-refractivity contribution in [3.8, 4) is 0 Å². The Morgan fingerprint density at radius 2 is 1.67 bits per heavy atom. The second-order valence-corrected chi connectivity index (χ2v) is 5.68. The Bertz CT molecular complexity index is 484. The highest BCUT2D eigenvalue weighted by molar-refractivity contribution is 6.62. The number of hydrogen-bond donors (Lipinski definition) is 1. The van der Waals surface area contributed by atoms with Gasteiger partial charge in [-0.3, -0.25) is 0 Å². The molecule has 98 valence electrons. The Morgan fingerprint density at radius 3 is 2.17 bits per heavy atom. The third kappa shape index (κ3) is 2.46. The highest BCUT2D eigenvalue weighted by Crippen LogP contribution is 2.36. The number of hydrogen-bond acceptors (Lipinski definition) is 3. The first kappa shape index (κ1) is 10.0. The van der Waals surface area contributed by atoms with E-state index in [-0.39, 0.29) is 18.3 Å². The molecule has 0 atom stereocenters. The van der Waals surface area contributed by atoms with Crippen molar-refractivity contribution in [1.29, 1.82) is 0 Å². The van der Waals surface area contributed by atoms with Gasteiger partial charge >= 0.3 is 7.12 Å². The molecule has 4 heteroatoms. The van der Waals surface area contributed by atoms with E-state index in [1.165, 1.54) is 0 Å². The molecule has 0 spiro atoms. The van der Waals surface area contributed by atoms with Crippen molar-refractivity contribution >= 4 is 12.6 Å². The molecule has 2 rings (SSSR count). The molecular formula is C14H22BNO2. The zero-order valence-electron chi connectivity index (χ0n) is 14.4. The van der Waals surface area contributed by atoms with Gasteiger partial charge in [0.25, 0.3) is 0 Å². The predicted octanol–water partition coefficient (Wildman–Crippen LogP) is 1.71. The maximum atomic E-state index is 7.13. The molecular weight excluding hydrogens is 225 g/mol. The lowest BCUT2D eigenvalue weighted by Crippen LogP contribution is -2.41. The Balaban J connectivity index is 2.04. The molecule has 0 bridgehead atoms. The molecule has 1 heterocycles. The molecule has 1 aliphatic heterocycles. The monoisotopic (exact) mass is 250 g/mol. The lowest BCUT2D eigenvalue weighted by molar-refractivity contribution is 0.00578. The first-order chi connectivity index (χ1) is 9.50. The third-order valence-corrected chi connectivity index (χ3v) is 3.80. The van der Waals surface area contributed by atoms with Crippen LogP contribution in [-0.4, -0.2) is 25.3 Å². The summed E-state index contributed by atoms with van der Waals surface area (Å²) < 4.78 is 33.3. The summed E-state index contributed by atoms with van der Waals surface area (Å²) in [7, 11) is -0.389. The van der Waals surface area contributed by atoms with Gasteiger partial charge in [-0.15, -0.1) is 0 Å². The molecule has 1 saturated heterocycles. The van der Waals surface area contributed by atoms with Crippen molar-refractivity contribution < 1.29 is 13.4 Å². The van der Waals surface area contributed by atoms with Crippen molar-refractivity contribution in [2.45, 2.75) is 45.4 Å². The molecule has 1 aliphatic rings. The molecule has 0 saturated carbocycles. The number of rotatable bonds is 3. The zero-order valence-corrected chi connectivity index (χ0v) is 11.4. The average molecular weight is 250 g/mol. The number of nitrogens with one attached hydrogen (secondary N) is 1. The topological polar surface area (TPSA) is 30.5 Å². The normalized spacial score (nSPS) is 24.4. The molecule has 1 N–H and O–H groups in total. The quantitative estimate of drug-likeness (QED) is 0.828. The van der Waals surface area contributed by atoms with Crippen LogP contribution in [0.1, 0.15) is 37.4 Å². The van der Waals surface area contributed by atoms with Crippen LogP contribution in [0.15, 0.2) is 24.3 Å². The molecule has 1 aromatic carbocycles. The minimum absolute atomic E-state index is 0.306. The van der Waals surface area contributed by atoms with Crippen molar-refractivity contribution in [2.75, 3.05) is 6.98 Å². The van der Waals surface area contributed by atoms with Gasteiger partial charge in [0.2, 0.25) is 0 Å². The van der Waals surface area contributed by atoms with Gasteiger partial charge in [-0.1, -0.05) is 24.3 Å². The standard InChI is InChI=1S/C14H22BNO2/c1-13(2)14(3,4)18-15(17-13)12-8-6-11(7-9-12)10-16-5/h6-9,16H,10H2,1-5H3/i5D3. The smallest absolute Gasteiger partial charge is 0.399 e. The molecule has 18 heavy (non-hydrogen) atoms. The third-order valence-electron chi connectivity index (χ3n) is 3.80. The summed E-state index contributed by atoms with van der Waals surface area (Å²) in [4.78, 5) is 0. The van der Waals surface area contributed by atoms with Crippen LogP contribution in [-0.2, 0) is 15.9 Å². The minimum Gasteiger partial charge on any atom is -0.399 e. The van der Waals surface area contributed by atoms with E-state index in [1.54, 1.807) is 0 Å². The average Bonchev–Trinajstić information content (AvgIpc) is 2.56. The van der Waals surface area contributed by atoms with Crippen LogP contribution >= 0.6 is 0 Å². The van der Waals surface area contributed by atoms with E-state index in [0.29, 0.717) is 6.54 Å². The predicted molar refractivity (Wildman–Crippen MR) is 74.9 cm³/mol. The van der Waals surface area contributed by atoms with Crippen LogP contribution in [0, 0.1) is 0 Å². The Hall–Kier alpha value is -0.835. The van der Waals surface area contributed by atoms with Crippen molar-refractivity contribution in [1.82, 2.24) is 5.32 Å². The summed E-state index contributed by atoms with van der Waals surface area (Å²) in [5, 5.41) is 2.49. The Labute approximate surface area is 114 Å². The minimum atomic E-state index is -2.12. The molecule has 3 nitrogen and oxygen atoms in total. The van der Waals surface area contributed by atoms with Crippen LogP contribution in [0.2, 0.25) is 0 Å².